The number of rotatable bonds is 2. The van der Waals surface area contributed by atoms with Crippen LogP contribution < -0.4 is 0 Å². The van der Waals surface area contributed by atoms with Crippen molar-refractivity contribution in [3.63, 3.8) is 0 Å². The number of fused-ring (bicyclic) bond motifs is 1. The van der Waals surface area contributed by atoms with Crippen LogP contribution in [0.15, 0.2) is 71.6 Å². The third-order valence-corrected chi connectivity index (χ3v) is 4.01. The molecule has 4 rings (SSSR count). The minimum absolute atomic E-state index is 0.825. The summed E-state index contributed by atoms with van der Waals surface area (Å²) < 4.78 is 2.88. The summed E-state index contributed by atoms with van der Waals surface area (Å²) in [5.74, 6) is 0. The monoisotopic (exact) mass is 350 g/mol. The average molecular weight is 351 g/mol. The van der Waals surface area contributed by atoms with Crippen LogP contribution >= 0.6 is 15.9 Å². The molecule has 0 aliphatic rings. The number of halogens is 1. The Morgan fingerprint density at radius 1 is 0.864 bits per heavy atom. The smallest absolute Gasteiger partial charge is 0.163 e. The molecule has 0 radical (unpaired) electrons. The highest BCUT2D eigenvalue weighted by Gasteiger charge is 2.12. The number of benzene rings is 1. The van der Waals surface area contributed by atoms with E-state index in [1.807, 2.05) is 47.1 Å². The van der Waals surface area contributed by atoms with Crippen molar-refractivity contribution in [2.24, 2.45) is 0 Å². The predicted octanol–water partition coefficient (Wildman–Crippen LogP) is 4.22. The Balaban J connectivity index is 1.92. The van der Waals surface area contributed by atoms with Crippen molar-refractivity contribution in [1.82, 2.24) is 19.6 Å². The highest BCUT2D eigenvalue weighted by Crippen LogP contribution is 2.27. The molecule has 106 valence electrons. The molecule has 0 aliphatic carbocycles. The molecule has 0 bridgehead atoms. The van der Waals surface area contributed by atoms with Gasteiger partial charge in [-0.1, -0.05) is 34.1 Å². The van der Waals surface area contributed by atoms with Gasteiger partial charge in [0.05, 0.1) is 17.6 Å². The molecule has 3 heterocycles. The zero-order valence-electron chi connectivity index (χ0n) is 11.5. The van der Waals surface area contributed by atoms with Crippen LogP contribution in [0.3, 0.4) is 0 Å². The first-order valence-corrected chi connectivity index (χ1v) is 7.62. The van der Waals surface area contributed by atoms with E-state index in [0.717, 1.165) is 32.6 Å². The normalized spacial score (nSPS) is 11.0. The Kier molecular flexibility index (Phi) is 3.20. The SMILES string of the molecule is Brc1ccc(-c2cnn3c(-c4ccccn4)ccnc23)cc1. The maximum absolute atomic E-state index is 4.50. The van der Waals surface area contributed by atoms with Gasteiger partial charge in [-0.05, 0) is 35.9 Å². The quantitative estimate of drug-likeness (QED) is 0.543. The second-order valence-electron chi connectivity index (χ2n) is 4.85. The molecule has 4 nitrogen and oxygen atoms in total. The zero-order valence-corrected chi connectivity index (χ0v) is 13.1. The molecular weight excluding hydrogens is 340 g/mol. The maximum Gasteiger partial charge on any atom is 0.163 e. The van der Waals surface area contributed by atoms with Crippen molar-refractivity contribution in [3.8, 4) is 22.5 Å². The fourth-order valence-electron chi connectivity index (χ4n) is 2.43. The molecule has 0 saturated heterocycles. The first-order valence-electron chi connectivity index (χ1n) is 6.83. The summed E-state index contributed by atoms with van der Waals surface area (Å²) in [6.45, 7) is 0. The summed E-state index contributed by atoms with van der Waals surface area (Å²) in [4.78, 5) is 8.88. The second-order valence-corrected chi connectivity index (χ2v) is 5.76. The van der Waals surface area contributed by atoms with Gasteiger partial charge in [-0.2, -0.15) is 5.10 Å². The van der Waals surface area contributed by atoms with Crippen molar-refractivity contribution < 1.29 is 0 Å². The topological polar surface area (TPSA) is 43.1 Å². The number of pyridine rings is 1. The summed E-state index contributed by atoms with van der Waals surface area (Å²) in [5.41, 5.74) is 4.72. The van der Waals surface area contributed by atoms with Crippen LogP contribution in [-0.4, -0.2) is 19.6 Å². The third-order valence-electron chi connectivity index (χ3n) is 3.48. The largest absolute Gasteiger partial charge is 0.255 e. The van der Waals surface area contributed by atoms with Gasteiger partial charge >= 0.3 is 0 Å². The van der Waals surface area contributed by atoms with Gasteiger partial charge in [0.2, 0.25) is 0 Å². The Morgan fingerprint density at radius 2 is 1.73 bits per heavy atom. The molecule has 0 fully saturated rings. The Labute approximate surface area is 135 Å². The minimum atomic E-state index is 0.825. The highest BCUT2D eigenvalue weighted by molar-refractivity contribution is 9.10. The van der Waals surface area contributed by atoms with Gasteiger partial charge in [-0.25, -0.2) is 9.50 Å². The summed E-state index contributed by atoms with van der Waals surface area (Å²) in [5, 5.41) is 4.50. The molecule has 0 spiro atoms. The van der Waals surface area contributed by atoms with Crippen LogP contribution in [0.1, 0.15) is 0 Å². The summed E-state index contributed by atoms with van der Waals surface area (Å²) in [7, 11) is 0. The van der Waals surface area contributed by atoms with Gasteiger partial charge < -0.3 is 0 Å². The van der Waals surface area contributed by atoms with Gasteiger partial charge in [0, 0.05) is 22.4 Å². The van der Waals surface area contributed by atoms with E-state index in [0.29, 0.717) is 0 Å². The Morgan fingerprint density at radius 3 is 2.50 bits per heavy atom. The fourth-order valence-corrected chi connectivity index (χ4v) is 2.70. The summed E-state index contributed by atoms with van der Waals surface area (Å²) >= 11 is 3.46. The molecule has 4 aromatic rings. The highest BCUT2D eigenvalue weighted by atomic mass is 79.9. The lowest BCUT2D eigenvalue weighted by Crippen LogP contribution is -1.96. The Hall–Kier alpha value is -2.53. The van der Waals surface area contributed by atoms with E-state index in [9.17, 15) is 0 Å². The van der Waals surface area contributed by atoms with Crippen molar-refractivity contribution >= 4 is 21.6 Å². The molecule has 22 heavy (non-hydrogen) atoms. The van der Waals surface area contributed by atoms with E-state index in [1.165, 1.54) is 0 Å². The number of hydrogen-bond acceptors (Lipinski definition) is 3. The van der Waals surface area contributed by atoms with Crippen LogP contribution in [0.4, 0.5) is 0 Å². The molecule has 0 amide bonds. The van der Waals surface area contributed by atoms with Crippen molar-refractivity contribution in [1.29, 1.82) is 0 Å². The molecule has 0 atom stereocenters. The molecule has 0 aliphatic heterocycles. The summed E-state index contributed by atoms with van der Waals surface area (Å²) in [6.07, 6.45) is 5.42. The molecule has 0 N–H and O–H groups in total. The van der Waals surface area contributed by atoms with E-state index in [4.69, 9.17) is 0 Å². The minimum Gasteiger partial charge on any atom is -0.255 e. The second kappa shape index (κ2) is 5.35. The van der Waals surface area contributed by atoms with Gasteiger partial charge in [0.15, 0.2) is 5.65 Å². The number of aromatic nitrogens is 4. The van der Waals surface area contributed by atoms with Gasteiger partial charge in [-0.3, -0.25) is 4.98 Å². The van der Waals surface area contributed by atoms with E-state index in [-0.39, 0.29) is 0 Å². The number of nitrogens with zero attached hydrogens (tertiary/aromatic N) is 4. The molecule has 5 heteroatoms. The third kappa shape index (κ3) is 2.19. The molecule has 0 saturated carbocycles. The lowest BCUT2D eigenvalue weighted by Gasteiger charge is -2.04. The first kappa shape index (κ1) is 13.2. The molecule has 1 aromatic carbocycles. The van der Waals surface area contributed by atoms with Crippen LogP contribution in [0.2, 0.25) is 0 Å². The van der Waals surface area contributed by atoms with Crippen LogP contribution in [-0.2, 0) is 0 Å². The number of hydrogen-bond donors (Lipinski definition) is 0. The zero-order chi connectivity index (χ0) is 14.9. The van der Waals surface area contributed by atoms with E-state index in [2.05, 4.69) is 43.1 Å². The average Bonchev–Trinajstić information content (AvgIpc) is 3.00. The van der Waals surface area contributed by atoms with E-state index in [1.54, 1.807) is 12.4 Å². The van der Waals surface area contributed by atoms with Gasteiger partial charge in [0.1, 0.15) is 0 Å². The van der Waals surface area contributed by atoms with Gasteiger partial charge in [0.25, 0.3) is 0 Å². The van der Waals surface area contributed by atoms with E-state index < -0.39 is 0 Å². The fraction of sp³-hybridized carbons (Fsp3) is 0. The molecular formula is C17H11BrN4. The van der Waals surface area contributed by atoms with Crippen molar-refractivity contribution in [3.05, 3.63) is 71.6 Å². The maximum atomic E-state index is 4.50. The lowest BCUT2D eigenvalue weighted by atomic mass is 10.1. The van der Waals surface area contributed by atoms with E-state index >= 15 is 0 Å². The summed E-state index contributed by atoms with van der Waals surface area (Å²) in [6, 6.07) is 15.9. The van der Waals surface area contributed by atoms with Gasteiger partial charge in [-0.15, -0.1) is 0 Å². The molecule has 0 unspecified atom stereocenters. The van der Waals surface area contributed by atoms with Crippen LogP contribution in [0.25, 0.3) is 28.2 Å². The first-order chi connectivity index (χ1) is 10.8. The Bertz CT molecular complexity index is 930. The van der Waals surface area contributed by atoms with Crippen molar-refractivity contribution in [2.75, 3.05) is 0 Å². The predicted molar refractivity (Wildman–Crippen MR) is 89.4 cm³/mol. The van der Waals surface area contributed by atoms with Crippen LogP contribution in [0, 0.1) is 0 Å². The van der Waals surface area contributed by atoms with Crippen molar-refractivity contribution in [2.45, 2.75) is 0 Å². The van der Waals surface area contributed by atoms with Crippen LogP contribution in [0.5, 0.6) is 0 Å². The lowest BCUT2D eigenvalue weighted by molar-refractivity contribution is 0.942. The standard InChI is InChI=1S/C17H11BrN4/c18-13-6-4-12(5-7-13)14-11-21-22-16(8-10-20-17(14)22)15-3-1-2-9-19-15/h1-11H. The molecule has 3 aromatic heterocycles.